The van der Waals surface area contributed by atoms with Crippen molar-refractivity contribution in [2.75, 3.05) is 18.0 Å². The van der Waals surface area contributed by atoms with E-state index in [2.05, 4.69) is 10.3 Å². The lowest BCUT2D eigenvalue weighted by atomic mass is 10.0. The molecule has 0 radical (unpaired) electrons. The van der Waals surface area contributed by atoms with Crippen LogP contribution in [0.2, 0.25) is 0 Å². The molecule has 1 unspecified atom stereocenters. The van der Waals surface area contributed by atoms with Crippen molar-refractivity contribution in [1.29, 1.82) is 0 Å². The van der Waals surface area contributed by atoms with Gasteiger partial charge in [0.2, 0.25) is 0 Å². The Morgan fingerprint density at radius 1 is 1.25 bits per heavy atom. The second kappa shape index (κ2) is 7.31. The number of fused-ring (bicyclic) bond motifs is 1. The van der Waals surface area contributed by atoms with Crippen molar-refractivity contribution in [2.24, 2.45) is 7.05 Å². The average Bonchev–Trinajstić information content (AvgIpc) is 2.69. The molecule has 7 heteroatoms. The normalized spacial score (nSPS) is 19.1. The number of aryl methyl sites for hydroxylation is 1. The molecule has 0 spiro atoms. The summed E-state index contributed by atoms with van der Waals surface area (Å²) < 4.78 is 30.5. The van der Waals surface area contributed by atoms with E-state index < -0.39 is 12.0 Å². The molecule has 3 aromatic rings. The van der Waals surface area contributed by atoms with E-state index >= 15 is 0 Å². The van der Waals surface area contributed by atoms with Gasteiger partial charge in [-0.3, -0.25) is 9.78 Å². The lowest BCUT2D eigenvalue weighted by Gasteiger charge is -2.39. The molecule has 5 nitrogen and oxygen atoms in total. The molecule has 28 heavy (non-hydrogen) atoms. The number of rotatable bonds is 4. The van der Waals surface area contributed by atoms with Gasteiger partial charge in [0.15, 0.2) is 5.43 Å². The number of hydrogen-bond acceptors (Lipinski definition) is 4. The number of nitrogens with zero attached hydrogens (tertiary/aromatic N) is 3. The standard InChI is InChI=1S/C21H22F2N4O/c1-26-12-15(20(28)18-6-2-3-7-19(18)26)10-25-16-9-21(22,23)14-27(13-16)17-5-4-8-24-11-17/h2-8,11-12,16,25H,9-10,13-14H2,1H3. The number of pyridine rings is 2. The van der Waals surface area contributed by atoms with Gasteiger partial charge in [0, 0.05) is 55.9 Å². The van der Waals surface area contributed by atoms with Crippen molar-refractivity contribution in [3.05, 3.63) is 70.8 Å². The highest BCUT2D eigenvalue weighted by molar-refractivity contribution is 5.79. The van der Waals surface area contributed by atoms with E-state index in [1.165, 1.54) is 0 Å². The Balaban J connectivity index is 1.54. The maximum Gasteiger partial charge on any atom is 0.266 e. The quantitative estimate of drug-likeness (QED) is 0.752. The van der Waals surface area contributed by atoms with E-state index in [-0.39, 0.29) is 24.9 Å². The third kappa shape index (κ3) is 3.75. The maximum atomic E-state index is 14.3. The Labute approximate surface area is 161 Å². The predicted molar refractivity (Wildman–Crippen MR) is 106 cm³/mol. The first-order valence-corrected chi connectivity index (χ1v) is 9.26. The summed E-state index contributed by atoms with van der Waals surface area (Å²) in [7, 11) is 1.88. The van der Waals surface area contributed by atoms with Gasteiger partial charge in [-0.1, -0.05) is 12.1 Å². The zero-order chi connectivity index (χ0) is 19.7. The van der Waals surface area contributed by atoms with Gasteiger partial charge < -0.3 is 14.8 Å². The molecule has 0 bridgehead atoms. The van der Waals surface area contributed by atoms with Crippen LogP contribution in [0.3, 0.4) is 0 Å². The molecule has 1 N–H and O–H groups in total. The fourth-order valence-electron chi connectivity index (χ4n) is 3.86. The van der Waals surface area contributed by atoms with Crippen molar-refractivity contribution in [2.45, 2.75) is 24.9 Å². The maximum absolute atomic E-state index is 14.3. The molecule has 4 rings (SSSR count). The van der Waals surface area contributed by atoms with E-state index in [1.807, 2.05) is 29.8 Å². The Hall–Kier alpha value is -2.80. The fraction of sp³-hybridized carbons (Fsp3) is 0.333. The van der Waals surface area contributed by atoms with Crippen molar-refractivity contribution >= 4 is 16.6 Å². The number of benzene rings is 1. The summed E-state index contributed by atoms with van der Waals surface area (Å²) in [6, 6.07) is 10.5. The number of anilines is 1. The minimum absolute atomic E-state index is 0.0621. The SMILES string of the molecule is Cn1cc(CNC2CN(c3cccnc3)CC(F)(F)C2)c(=O)c2ccccc21. The monoisotopic (exact) mass is 384 g/mol. The molecule has 1 aliphatic rings. The van der Waals surface area contributed by atoms with Crippen LogP contribution in [-0.2, 0) is 13.6 Å². The predicted octanol–water partition coefficient (Wildman–Crippen LogP) is 2.94. The van der Waals surface area contributed by atoms with Gasteiger partial charge in [-0.2, -0.15) is 0 Å². The minimum atomic E-state index is -2.81. The number of nitrogens with one attached hydrogen (secondary N) is 1. The molecule has 1 aromatic carbocycles. The van der Waals surface area contributed by atoms with Crippen LogP contribution >= 0.6 is 0 Å². The number of piperidine rings is 1. The first-order chi connectivity index (χ1) is 13.4. The summed E-state index contributed by atoms with van der Waals surface area (Å²) in [6.45, 7) is 0.364. The molecular formula is C21H22F2N4O. The van der Waals surface area contributed by atoms with Gasteiger partial charge in [0.25, 0.3) is 5.92 Å². The van der Waals surface area contributed by atoms with Gasteiger partial charge in [0.05, 0.1) is 23.9 Å². The van der Waals surface area contributed by atoms with E-state index in [0.29, 0.717) is 23.2 Å². The van der Waals surface area contributed by atoms with Gasteiger partial charge in [-0.25, -0.2) is 8.78 Å². The average molecular weight is 384 g/mol. The summed E-state index contributed by atoms with van der Waals surface area (Å²) in [6.07, 6.45) is 4.74. The summed E-state index contributed by atoms with van der Waals surface area (Å²) >= 11 is 0. The fourth-order valence-corrected chi connectivity index (χ4v) is 3.86. The molecule has 2 aromatic heterocycles. The number of hydrogen-bond donors (Lipinski definition) is 1. The third-order valence-corrected chi connectivity index (χ3v) is 5.17. The highest BCUT2D eigenvalue weighted by Gasteiger charge is 2.40. The van der Waals surface area contributed by atoms with Crippen molar-refractivity contribution in [3.8, 4) is 0 Å². The lowest BCUT2D eigenvalue weighted by molar-refractivity contribution is -0.0217. The van der Waals surface area contributed by atoms with Crippen LogP contribution in [0.15, 0.2) is 59.8 Å². The number of para-hydroxylation sites is 1. The lowest BCUT2D eigenvalue weighted by Crippen LogP contribution is -2.54. The third-order valence-electron chi connectivity index (χ3n) is 5.17. The molecule has 0 aliphatic carbocycles. The zero-order valence-corrected chi connectivity index (χ0v) is 15.6. The second-order valence-electron chi connectivity index (χ2n) is 7.34. The van der Waals surface area contributed by atoms with Gasteiger partial charge in [0.1, 0.15) is 0 Å². The minimum Gasteiger partial charge on any atom is -0.363 e. The number of aromatic nitrogens is 2. The summed E-state index contributed by atoms with van der Waals surface area (Å²) in [5, 5.41) is 3.81. The highest BCUT2D eigenvalue weighted by atomic mass is 19.3. The number of alkyl halides is 2. The second-order valence-corrected chi connectivity index (χ2v) is 7.34. The Morgan fingerprint density at radius 3 is 2.86 bits per heavy atom. The molecule has 1 aliphatic heterocycles. The zero-order valence-electron chi connectivity index (χ0n) is 15.6. The number of halogens is 2. The topological polar surface area (TPSA) is 50.2 Å². The van der Waals surface area contributed by atoms with Crippen LogP contribution in [0, 0.1) is 0 Å². The van der Waals surface area contributed by atoms with Crippen molar-refractivity contribution in [1.82, 2.24) is 14.9 Å². The van der Waals surface area contributed by atoms with E-state index in [0.717, 1.165) is 5.52 Å². The van der Waals surface area contributed by atoms with Crippen LogP contribution in [0.25, 0.3) is 10.9 Å². The van der Waals surface area contributed by atoms with Crippen LogP contribution < -0.4 is 15.6 Å². The molecule has 3 heterocycles. The first-order valence-electron chi connectivity index (χ1n) is 9.26. The van der Waals surface area contributed by atoms with Crippen LogP contribution in [-0.4, -0.2) is 34.6 Å². The molecule has 146 valence electrons. The summed E-state index contributed by atoms with van der Waals surface area (Å²) in [5.41, 5.74) is 2.04. The largest absolute Gasteiger partial charge is 0.363 e. The first kappa shape index (κ1) is 18.6. The van der Waals surface area contributed by atoms with Crippen LogP contribution in [0.4, 0.5) is 14.5 Å². The van der Waals surface area contributed by atoms with E-state index in [9.17, 15) is 13.6 Å². The van der Waals surface area contributed by atoms with Crippen LogP contribution in [0.5, 0.6) is 0 Å². The Bertz CT molecular complexity index is 1040. The van der Waals surface area contributed by atoms with Gasteiger partial charge >= 0.3 is 0 Å². The summed E-state index contributed by atoms with van der Waals surface area (Å²) in [5.74, 6) is -2.81. The van der Waals surface area contributed by atoms with E-state index in [4.69, 9.17) is 0 Å². The smallest absolute Gasteiger partial charge is 0.266 e. The van der Waals surface area contributed by atoms with Crippen molar-refractivity contribution in [3.63, 3.8) is 0 Å². The molecule has 0 amide bonds. The van der Waals surface area contributed by atoms with E-state index in [1.54, 1.807) is 41.7 Å². The van der Waals surface area contributed by atoms with Gasteiger partial charge in [-0.05, 0) is 24.3 Å². The molecule has 0 saturated carbocycles. The molecule has 1 fully saturated rings. The Kier molecular flexibility index (Phi) is 4.85. The Morgan fingerprint density at radius 2 is 2.07 bits per heavy atom. The summed E-state index contributed by atoms with van der Waals surface area (Å²) in [4.78, 5) is 18.4. The van der Waals surface area contributed by atoms with Crippen molar-refractivity contribution < 1.29 is 8.78 Å². The molecular weight excluding hydrogens is 362 g/mol. The molecule has 1 atom stereocenters. The van der Waals surface area contributed by atoms with Crippen LogP contribution in [0.1, 0.15) is 12.0 Å². The highest BCUT2D eigenvalue weighted by Crippen LogP contribution is 2.30. The van der Waals surface area contributed by atoms with Gasteiger partial charge in [-0.15, -0.1) is 0 Å². The molecule has 1 saturated heterocycles.